The molecule has 3 aromatic rings. The number of ether oxygens (including phenoxy) is 1. The molecule has 0 amide bonds. The van der Waals surface area contributed by atoms with E-state index < -0.39 is 6.10 Å². The Hall–Kier alpha value is -2.94. The lowest BCUT2D eigenvalue weighted by atomic mass is 9.98. The molecule has 0 aliphatic rings. The minimum atomic E-state index is -0.846. The lowest BCUT2D eigenvalue weighted by Crippen LogP contribution is -2.42. The van der Waals surface area contributed by atoms with Crippen LogP contribution in [0.15, 0.2) is 48.8 Å². The Balaban J connectivity index is 1.55. The maximum Gasteiger partial charge on any atom is 0.181 e. The van der Waals surface area contributed by atoms with Crippen molar-refractivity contribution in [2.24, 2.45) is 0 Å². The third-order valence-corrected chi connectivity index (χ3v) is 5.33. The molecule has 2 aromatic carbocycles. The van der Waals surface area contributed by atoms with E-state index in [-0.39, 0.29) is 24.4 Å². The number of hydrogen-bond donors (Lipinski definition) is 4. The summed E-state index contributed by atoms with van der Waals surface area (Å²) in [4.78, 5) is 4.39. The summed E-state index contributed by atoms with van der Waals surface area (Å²) in [5, 5.41) is 37.8. The second-order valence-electron chi connectivity index (χ2n) is 8.09. The van der Waals surface area contributed by atoms with Crippen LogP contribution in [0.1, 0.15) is 37.5 Å². The predicted molar refractivity (Wildman–Crippen MR) is 118 cm³/mol. The average Bonchev–Trinajstić information content (AvgIpc) is 3.25. The number of β-amino-alcohol motifs (C(OH)–C–C–N with tert-alkyl or cyclic N) is 1. The molecule has 0 radical (unpaired) electrons. The van der Waals surface area contributed by atoms with Crippen LogP contribution in [0, 0.1) is 0 Å². The average molecular weight is 427 g/mol. The van der Waals surface area contributed by atoms with Crippen molar-refractivity contribution < 1.29 is 20.1 Å². The van der Waals surface area contributed by atoms with Crippen molar-refractivity contribution in [1.29, 1.82) is 0 Å². The van der Waals surface area contributed by atoms with Gasteiger partial charge in [-0.25, -0.2) is 4.98 Å². The molecule has 0 fully saturated rings. The summed E-state index contributed by atoms with van der Waals surface area (Å²) in [5.41, 5.74) is 1.52. The normalized spacial score (nSPS) is 12.7. The van der Waals surface area contributed by atoms with Crippen molar-refractivity contribution >= 4 is 0 Å². The molecule has 1 heterocycles. The topological polar surface area (TPSA) is 113 Å². The zero-order valence-electron chi connectivity index (χ0n) is 18.1. The van der Waals surface area contributed by atoms with E-state index in [4.69, 9.17) is 4.74 Å². The number of aryl methyl sites for hydroxylation is 1. The molecule has 166 valence electrons. The van der Waals surface area contributed by atoms with Gasteiger partial charge in [0.1, 0.15) is 17.8 Å². The van der Waals surface area contributed by atoms with E-state index >= 15 is 0 Å². The maximum absolute atomic E-state index is 10.6. The molecule has 0 saturated carbocycles. The number of aromatic nitrogens is 3. The summed E-state index contributed by atoms with van der Waals surface area (Å²) in [6, 6.07) is 12.5. The van der Waals surface area contributed by atoms with E-state index in [1.165, 1.54) is 6.07 Å². The number of methoxy groups -OCH3 is 1. The third-order valence-electron chi connectivity index (χ3n) is 5.33. The highest BCUT2D eigenvalue weighted by atomic mass is 16.5. The number of aliphatic hydroxyl groups is 2. The molecule has 3 rings (SSSR count). The van der Waals surface area contributed by atoms with Crippen LogP contribution in [0.5, 0.6) is 11.5 Å². The van der Waals surface area contributed by atoms with Crippen LogP contribution in [0.2, 0.25) is 0 Å². The number of benzene rings is 2. The van der Waals surface area contributed by atoms with Crippen molar-refractivity contribution in [2.75, 3.05) is 13.7 Å². The van der Waals surface area contributed by atoms with Gasteiger partial charge in [0.2, 0.25) is 0 Å². The summed E-state index contributed by atoms with van der Waals surface area (Å²) in [6.07, 6.45) is 1.63. The van der Waals surface area contributed by atoms with Crippen molar-refractivity contribution in [3.05, 3.63) is 59.9 Å². The molecular weight excluding hydrogens is 396 g/mol. The SMILES string of the molecule is COc1ccc(-c2ncn(CCC(C)(C)NCC(O)c3cccc(O)c3CO)n2)cc1. The smallest absolute Gasteiger partial charge is 0.181 e. The van der Waals surface area contributed by atoms with E-state index in [9.17, 15) is 15.3 Å². The Morgan fingerprint density at radius 1 is 1.16 bits per heavy atom. The molecule has 0 aliphatic carbocycles. The first-order valence-electron chi connectivity index (χ1n) is 10.2. The number of phenols is 1. The van der Waals surface area contributed by atoms with E-state index in [2.05, 4.69) is 29.2 Å². The molecule has 8 nitrogen and oxygen atoms in total. The minimum Gasteiger partial charge on any atom is -0.508 e. The van der Waals surface area contributed by atoms with Gasteiger partial charge >= 0.3 is 0 Å². The van der Waals surface area contributed by atoms with E-state index in [0.717, 1.165) is 17.7 Å². The van der Waals surface area contributed by atoms with Crippen molar-refractivity contribution in [1.82, 2.24) is 20.1 Å². The summed E-state index contributed by atoms with van der Waals surface area (Å²) in [6.45, 7) is 4.73. The second-order valence-corrected chi connectivity index (χ2v) is 8.09. The number of aliphatic hydroxyl groups excluding tert-OH is 2. The molecule has 1 atom stereocenters. The molecule has 0 saturated heterocycles. The van der Waals surface area contributed by atoms with Gasteiger partial charge in [-0.15, -0.1) is 0 Å². The largest absolute Gasteiger partial charge is 0.508 e. The van der Waals surface area contributed by atoms with Gasteiger partial charge < -0.3 is 25.4 Å². The fraction of sp³-hybridized carbons (Fsp3) is 0.391. The molecule has 31 heavy (non-hydrogen) atoms. The van der Waals surface area contributed by atoms with Crippen LogP contribution in [-0.2, 0) is 13.2 Å². The van der Waals surface area contributed by atoms with Crippen LogP contribution >= 0.6 is 0 Å². The van der Waals surface area contributed by atoms with Crippen molar-refractivity contribution in [3.8, 4) is 22.9 Å². The Kier molecular flexibility index (Phi) is 7.27. The molecule has 0 spiro atoms. The molecule has 0 bridgehead atoms. The van der Waals surface area contributed by atoms with Gasteiger partial charge in [0.15, 0.2) is 5.82 Å². The lowest BCUT2D eigenvalue weighted by Gasteiger charge is -2.28. The highest BCUT2D eigenvalue weighted by Crippen LogP contribution is 2.26. The zero-order chi connectivity index (χ0) is 22.4. The fourth-order valence-electron chi connectivity index (χ4n) is 3.32. The minimum absolute atomic E-state index is 0.0165. The fourth-order valence-corrected chi connectivity index (χ4v) is 3.32. The van der Waals surface area contributed by atoms with Crippen LogP contribution in [0.4, 0.5) is 0 Å². The number of nitrogens with zero attached hydrogens (tertiary/aromatic N) is 3. The highest BCUT2D eigenvalue weighted by Gasteiger charge is 2.21. The van der Waals surface area contributed by atoms with Crippen LogP contribution in [0.3, 0.4) is 0 Å². The Morgan fingerprint density at radius 3 is 2.58 bits per heavy atom. The molecule has 8 heteroatoms. The van der Waals surface area contributed by atoms with Crippen LogP contribution in [-0.4, -0.2) is 49.3 Å². The zero-order valence-corrected chi connectivity index (χ0v) is 18.1. The van der Waals surface area contributed by atoms with Gasteiger partial charge in [-0.3, -0.25) is 4.68 Å². The van der Waals surface area contributed by atoms with Gasteiger partial charge in [0, 0.05) is 29.8 Å². The van der Waals surface area contributed by atoms with Gasteiger partial charge in [0.05, 0.1) is 19.8 Å². The molecular formula is C23H30N4O4. The van der Waals surface area contributed by atoms with Gasteiger partial charge in [0.25, 0.3) is 0 Å². The second kappa shape index (κ2) is 9.91. The Morgan fingerprint density at radius 2 is 1.90 bits per heavy atom. The summed E-state index contributed by atoms with van der Waals surface area (Å²) >= 11 is 0. The standard InChI is InChI=1S/C23H30N4O4/c1-23(2,25-13-21(30)18-5-4-6-20(29)19(18)14-28)11-12-27-15-24-22(26-27)16-7-9-17(31-3)10-8-16/h4-10,15,21,25,28-30H,11-14H2,1-3H3. The quantitative estimate of drug-likeness (QED) is 0.394. The summed E-state index contributed by atoms with van der Waals surface area (Å²) < 4.78 is 6.98. The van der Waals surface area contributed by atoms with Crippen LogP contribution < -0.4 is 10.1 Å². The molecule has 1 aromatic heterocycles. The Labute approximate surface area is 182 Å². The van der Waals surface area contributed by atoms with E-state index in [0.29, 0.717) is 23.5 Å². The van der Waals surface area contributed by atoms with Gasteiger partial charge in [-0.2, -0.15) is 5.10 Å². The number of nitrogens with one attached hydrogen (secondary N) is 1. The molecule has 1 unspecified atom stereocenters. The molecule has 4 N–H and O–H groups in total. The van der Waals surface area contributed by atoms with E-state index in [1.807, 2.05) is 24.3 Å². The summed E-state index contributed by atoms with van der Waals surface area (Å²) in [5.74, 6) is 1.43. The van der Waals surface area contributed by atoms with Gasteiger partial charge in [-0.05, 0) is 56.2 Å². The highest BCUT2D eigenvalue weighted by molar-refractivity contribution is 5.55. The van der Waals surface area contributed by atoms with Crippen LogP contribution in [0.25, 0.3) is 11.4 Å². The first-order chi connectivity index (χ1) is 14.8. The lowest BCUT2D eigenvalue weighted by molar-refractivity contribution is 0.153. The predicted octanol–water partition coefficient (Wildman–Crippen LogP) is 2.64. The van der Waals surface area contributed by atoms with E-state index in [1.54, 1.807) is 30.3 Å². The number of hydrogen-bond acceptors (Lipinski definition) is 7. The number of rotatable bonds is 10. The number of aromatic hydroxyl groups is 1. The van der Waals surface area contributed by atoms with Crippen molar-refractivity contribution in [3.63, 3.8) is 0 Å². The van der Waals surface area contributed by atoms with Gasteiger partial charge in [-0.1, -0.05) is 12.1 Å². The monoisotopic (exact) mass is 426 g/mol. The maximum atomic E-state index is 10.6. The summed E-state index contributed by atoms with van der Waals surface area (Å²) in [7, 11) is 1.63. The first-order valence-corrected chi connectivity index (χ1v) is 10.2. The first kappa shape index (κ1) is 22.7. The Bertz CT molecular complexity index is 985. The molecule has 0 aliphatic heterocycles. The third kappa shape index (κ3) is 5.81. The van der Waals surface area contributed by atoms with Crippen molar-refractivity contribution in [2.45, 2.75) is 45.1 Å².